The van der Waals surface area contributed by atoms with Crippen molar-refractivity contribution in [3.63, 3.8) is 0 Å². The number of aromatic nitrogens is 5. The van der Waals surface area contributed by atoms with E-state index in [0.29, 0.717) is 11.6 Å². The van der Waals surface area contributed by atoms with Crippen molar-refractivity contribution in [1.29, 1.82) is 5.26 Å². The van der Waals surface area contributed by atoms with Crippen LogP contribution in [0.1, 0.15) is 43.7 Å². The summed E-state index contributed by atoms with van der Waals surface area (Å²) in [6.07, 6.45) is 7.63. The van der Waals surface area contributed by atoms with E-state index in [9.17, 15) is 0 Å². The van der Waals surface area contributed by atoms with Gasteiger partial charge in [0.05, 0.1) is 11.6 Å². The van der Waals surface area contributed by atoms with Crippen LogP contribution in [0.3, 0.4) is 0 Å². The third-order valence-corrected chi connectivity index (χ3v) is 4.35. The van der Waals surface area contributed by atoms with Crippen molar-refractivity contribution in [1.82, 2.24) is 25.2 Å². The lowest BCUT2D eigenvalue weighted by atomic mass is 9.96. The number of nitrogens with zero attached hydrogens (tertiary/aromatic N) is 6. The Morgan fingerprint density at radius 2 is 2.10 bits per heavy atom. The summed E-state index contributed by atoms with van der Waals surface area (Å²) in [5, 5.41) is 22.3. The van der Waals surface area contributed by atoms with Crippen molar-refractivity contribution in [2.24, 2.45) is 0 Å². The molecule has 0 atom stereocenters. The second-order valence-electron chi connectivity index (χ2n) is 4.80. The van der Waals surface area contributed by atoms with Crippen LogP contribution >= 0.6 is 11.8 Å². The standard InChI is InChI=1S/C13H14N6S/c14-8-10-6-7-12(15-9-10)20-13-16-17-18-19(13)11-4-2-1-3-5-11/h6-7,9,11H,1-5H2. The van der Waals surface area contributed by atoms with E-state index >= 15 is 0 Å². The molecule has 1 saturated carbocycles. The Morgan fingerprint density at radius 3 is 2.80 bits per heavy atom. The SMILES string of the molecule is N#Cc1ccc(Sc2nnnn2C2CCCCC2)nc1. The summed E-state index contributed by atoms with van der Waals surface area (Å²) in [6.45, 7) is 0. The van der Waals surface area contributed by atoms with Crippen molar-refractivity contribution < 1.29 is 0 Å². The van der Waals surface area contributed by atoms with Crippen LogP contribution in [0.15, 0.2) is 28.5 Å². The molecule has 0 unspecified atom stereocenters. The van der Waals surface area contributed by atoms with Crippen molar-refractivity contribution in [3.8, 4) is 6.07 Å². The fourth-order valence-electron chi connectivity index (χ4n) is 2.41. The van der Waals surface area contributed by atoms with E-state index in [0.717, 1.165) is 23.0 Å². The van der Waals surface area contributed by atoms with Crippen LogP contribution in [-0.4, -0.2) is 25.2 Å². The highest BCUT2D eigenvalue weighted by molar-refractivity contribution is 7.99. The average molecular weight is 286 g/mol. The van der Waals surface area contributed by atoms with Crippen LogP contribution in [0.2, 0.25) is 0 Å². The third-order valence-electron chi connectivity index (χ3n) is 3.44. The minimum absolute atomic E-state index is 0.402. The van der Waals surface area contributed by atoms with E-state index in [1.165, 1.54) is 31.0 Å². The Kier molecular flexibility index (Phi) is 3.92. The predicted octanol–water partition coefficient (Wildman–Crippen LogP) is 2.60. The highest BCUT2D eigenvalue weighted by atomic mass is 32.2. The molecule has 1 fully saturated rings. The van der Waals surface area contributed by atoms with E-state index in [4.69, 9.17) is 5.26 Å². The Balaban J connectivity index is 1.77. The molecule has 2 heterocycles. The molecule has 20 heavy (non-hydrogen) atoms. The topological polar surface area (TPSA) is 80.3 Å². The van der Waals surface area contributed by atoms with E-state index in [2.05, 4.69) is 26.6 Å². The highest BCUT2D eigenvalue weighted by Crippen LogP contribution is 2.32. The first-order valence-electron chi connectivity index (χ1n) is 6.68. The lowest BCUT2D eigenvalue weighted by molar-refractivity contribution is 0.307. The Labute approximate surface area is 121 Å². The maximum atomic E-state index is 8.77. The number of rotatable bonds is 3. The molecule has 0 radical (unpaired) electrons. The maximum absolute atomic E-state index is 8.77. The molecule has 0 aliphatic heterocycles. The first kappa shape index (κ1) is 13.1. The minimum atomic E-state index is 0.402. The zero-order chi connectivity index (χ0) is 13.8. The smallest absolute Gasteiger partial charge is 0.215 e. The fraction of sp³-hybridized carbons (Fsp3) is 0.462. The Bertz CT molecular complexity index is 609. The zero-order valence-corrected chi connectivity index (χ0v) is 11.8. The molecule has 0 bridgehead atoms. The summed E-state index contributed by atoms with van der Waals surface area (Å²) in [6, 6.07) is 6.04. The number of tetrazole rings is 1. The second-order valence-corrected chi connectivity index (χ2v) is 5.78. The summed E-state index contributed by atoms with van der Waals surface area (Å²) >= 11 is 1.44. The van der Waals surface area contributed by atoms with Gasteiger partial charge in [-0.3, -0.25) is 0 Å². The van der Waals surface area contributed by atoms with Gasteiger partial charge in [0.2, 0.25) is 5.16 Å². The van der Waals surface area contributed by atoms with Gasteiger partial charge in [-0.05, 0) is 47.2 Å². The molecule has 0 aromatic carbocycles. The van der Waals surface area contributed by atoms with Gasteiger partial charge in [0.1, 0.15) is 11.1 Å². The van der Waals surface area contributed by atoms with Gasteiger partial charge >= 0.3 is 0 Å². The lowest BCUT2D eigenvalue weighted by Gasteiger charge is -2.21. The van der Waals surface area contributed by atoms with Gasteiger partial charge < -0.3 is 0 Å². The van der Waals surface area contributed by atoms with E-state index in [1.807, 2.05) is 10.7 Å². The van der Waals surface area contributed by atoms with Gasteiger partial charge in [0.15, 0.2) is 0 Å². The molecule has 2 aromatic rings. The zero-order valence-electron chi connectivity index (χ0n) is 10.9. The lowest BCUT2D eigenvalue weighted by Crippen LogP contribution is -2.15. The molecule has 1 aliphatic rings. The van der Waals surface area contributed by atoms with Gasteiger partial charge in [0, 0.05) is 6.20 Å². The summed E-state index contributed by atoms with van der Waals surface area (Å²) < 4.78 is 1.92. The molecular weight excluding hydrogens is 272 g/mol. The molecule has 6 nitrogen and oxygen atoms in total. The summed E-state index contributed by atoms with van der Waals surface area (Å²) in [7, 11) is 0. The van der Waals surface area contributed by atoms with Crippen LogP contribution in [0.5, 0.6) is 0 Å². The van der Waals surface area contributed by atoms with Crippen molar-refractivity contribution in [2.75, 3.05) is 0 Å². The molecule has 0 saturated heterocycles. The van der Waals surface area contributed by atoms with E-state index in [1.54, 1.807) is 12.3 Å². The summed E-state index contributed by atoms with van der Waals surface area (Å²) in [4.78, 5) is 4.24. The molecule has 0 spiro atoms. The molecule has 0 amide bonds. The number of hydrogen-bond donors (Lipinski definition) is 0. The Hall–Kier alpha value is -1.94. The summed E-state index contributed by atoms with van der Waals surface area (Å²) in [5.41, 5.74) is 0.557. The molecule has 7 heteroatoms. The normalized spacial score (nSPS) is 15.9. The van der Waals surface area contributed by atoms with Crippen LogP contribution < -0.4 is 0 Å². The molecule has 0 N–H and O–H groups in total. The van der Waals surface area contributed by atoms with Crippen LogP contribution in [0.4, 0.5) is 0 Å². The van der Waals surface area contributed by atoms with Gasteiger partial charge in [-0.25, -0.2) is 9.67 Å². The largest absolute Gasteiger partial charge is 0.248 e. The van der Waals surface area contributed by atoms with Gasteiger partial charge in [0.25, 0.3) is 0 Å². The molecule has 102 valence electrons. The molecule has 2 aromatic heterocycles. The van der Waals surface area contributed by atoms with Gasteiger partial charge in [-0.1, -0.05) is 19.3 Å². The van der Waals surface area contributed by atoms with Crippen molar-refractivity contribution >= 4 is 11.8 Å². The van der Waals surface area contributed by atoms with Crippen molar-refractivity contribution in [3.05, 3.63) is 23.9 Å². The average Bonchev–Trinajstić information content (AvgIpc) is 2.97. The monoisotopic (exact) mass is 286 g/mol. The second kappa shape index (κ2) is 6.01. The fourth-order valence-corrected chi connectivity index (χ4v) is 3.19. The molecule has 3 rings (SSSR count). The molecule has 1 aliphatic carbocycles. The van der Waals surface area contributed by atoms with E-state index in [-0.39, 0.29) is 0 Å². The first-order chi connectivity index (χ1) is 9.86. The maximum Gasteiger partial charge on any atom is 0.215 e. The quantitative estimate of drug-likeness (QED) is 0.862. The predicted molar refractivity (Wildman–Crippen MR) is 73.0 cm³/mol. The number of nitriles is 1. The van der Waals surface area contributed by atoms with Crippen LogP contribution in [0.25, 0.3) is 0 Å². The van der Waals surface area contributed by atoms with Gasteiger partial charge in [-0.2, -0.15) is 5.26 Å². The van der Waals surface area contributed by atoms with Crippen LogP contribution in [-0.2, 0) is 0 Å². The number of pyridine rings is 1. The summed E-state index contributed by atoms with van der Waals surface area (Å²) in [5.74, 6) is 0. The van der Waals surface area contributed by atoms with Gasteiger partial charge in [-0.15, -0.1) is 5.10 Å². The van der Waals surface area contributed by atoms with Crippen LogP contribution in [0, 0.1) is 11.3 Å². The minimum Gasteiger partial charge on any atom is -0.248 e. The Morgan fingerprint density at radius 1 is 1.25 bits per heavy atom. The van der Waals surface area contributed by atoms with Crippen molar-refractivity contribution in [2.45, 2.75) is 48.3 Å². The van der Waals surface area contributed by atoms with E-state index < -0.39 is 0 Å². The third kappa shape index (κ3) is 2.80. The first-order valence-corrected chi connectivity index (χ1v) is 7.50. The molecular formula is C13H14N6S. The highest BCUT2D eigenvalue weighted by Gasteiger charge is 2.20. The number of hydrogen-bond acceptors (Lipinski definition) is 6.